The smallest absolute Gasteiger partial charge is 0.101 e. The molecule has 1 aliphatic rings. The normalized spacial score (nSPS) is 21.6. The fraction of sp³-hybridized carbons (Fsp3) is 0.625. The van der Waals surface area contributed by atoms with Crippen LogP contribution in [0.25, 0.3) is 0 Å². The molecule has 1 aliphatic heterocycles. The van der Waals surface area contributed by atoms with Crippen molar-refractivity contribution in [1.82, 2.24) is 24.9 Å². The molecule has 0 unspecified atom stereocenters. The van der Waals surface area contributed by atoms with Crippen molar-refractivity contribution in [3.8, 4) is 0 Å². The van der Waals surface area contributed by atoms with Gasteiger partial charge in [-0.3, -0.25) is 9.36 Å². The van der Waals surface area contributed by atoms with Gasteiger partial charge in [-0.15, -0.1) is 0 Å². The highest BCUT2D eigenvalue weighted by atomic mass is 16.5. The average molecular weight is 303 g/mol. The number of nitrogens with one attached hydrogen (secondary N) is 1. The summed E-state index contributed by atoms with van der Waals surface area (Å²) >= 11 is 0. The number of ether oxygens (including phenoxy) is 1. The van der Waals surface area contributed by atoms with E-state index < -0.39 is 0 Å². The average Bonchev–Trinajstić information content (AvgIpc) is 3.18. The second kappa shape index (κ2) is 6.22. The van der Waals surface area contributed by atoms with Crippen molar-refractivity contribution < 1.29 is 4.74 Å². The minimum absolute atomic E-state index is 0.0895. The number of nitrogens with zero attached hydrogens (tertiary/aromatic N) is 4. The Morgan fingerprint density at radius 3 is 2.91 bits per heavy atom. The van der Waals surface area contributed by atoms with Gasteiger partial charge < -0.3 is 10.1 Å². The van der Waals surface area contributed by atoms with Crippen molar-refractivity contribution in [3.05, 3.63) is 34.9 Å². The molecule has 2 aromatic heterocycles. The number of aryl methyl sites for hydroxylation is 3. The van der Waals surface area contributed by atoms with Crippen LogP contribution in [0.1, 0.15) is 42.1 Å². The van der Waals surface area contributed by atoms with Crippen LogP contribution in [0.2, 0.25) is 0 Å². The monoisotopic (exact) mass is 303 g/mol. The molecule has 2 aromatic rings. The quantitative estimate of drug-likeness (QED) is 0.916. The molecule has 0 spiro atoms. The lowest BCUT2D eigenvalue weighted by molar-refractivity contribution is 0.0973. The highest BCUT2D eigenvalue weighted by Gasteiger charge is 2.33. The van der Waals surface area contributed by atoms with Crippen molar-refractivity contribution in [1.29, 1.82) is 0 Å². The van der Waals surface area contributed by atoms with Gasteiger partial charge in [0.2, 0.25) is 0 Å². The summed E-state index contributed by atoms with van der Waals surface area (Å²) in [7, 11) is 1.99. The first kappa shape index (κ1) is 15.2. The Bertz CT molecular complexity index is 645. The van der Waals surface area contributed by atoms with Gasteiger partial charge in [-0.05, 0) is 33.3 Å². The fourth-order valence-electron chi connectivity index (χ4n) is 3.32. The van der Waals surface area contributed by atoms with Crippen LogP contribution in [0.4, 0.5) is 0 Å². The van der Waals surface area contributed by atoms with Gasteiger partial charge in [0.25, 0.3) is 0 Å². The Morgan fingerprint density at radius 1 is 1.41 bits per heavy atom. The zero-order valence-corrected chi connectivity index (χ0v) is 13.8. The molecule has 6 nitrogen and oxygen atoms in total. The summed E-state index contributed by atoms with van der Waals surface area (Å²) in [5.41, 5.74) is 4.71. The molecule has 3 rings (SSSR count). The van der Waals surface area contributed by atoms with E-state index in [-0.39, 0.29) is 6.10 Å². The van der Waals surface area contributed by atoms with E-state index in [1.807, 2.05) is 22.6 Å². The first-order valence-corrected chi connectivity index (χ1v) is 7.97. The first-order chi connectivity index (χ1) is 10.6. The standard InChI is InChI=1S/C16H25N5O/c1-5-21-13(6-8-18-21)10-17-14-7-9-22-16(14)15-11(2)19-20(4)12(15)3/h6,8,14,16-17H,5,7,9-10H2,1-4H3/t14-,16-/m0/s1. The fourth-order valence-corrected chi connectivity index (χ4v) is 3.32. The minimum Gasteiger partial charge on any atom is -0.372 e. The SMILES string of the molecule is CCn1nccc1CN[C@H]1CCO[C@@H]1c1c(C)nn(C)c1C. The molecule has 1 fully saturated rings. The Labute approximate surface area is 131 Å². The third-order valence-corrected chi connectivity index (χ3v) is 4.59. The maximum absolute atomic E-state index is 6.01. The lowest BCUT2D eigenvalue weighted by atomic mass is 10.0. The molecule has 0 aromatic carbocycles. The summed E-state index contributed by atoms with van der Waals surface area (Å²) in [6, 6.07) is 2.39. The van der Waals surface area contributed by atoms with Crippen molar-refractivity contribution >= 4 is 0 Å². The summed E-state index contributed by atoms with van der Waals surface area (Å²) in [6.07, 6.45) is 2.98. The molecule has 0 amide bonds. The number of hydrogen-bond acceptors (Lipinski definition) is 4. The van der Waals surface area contributed by atoms with E-state index in [1.165, 1.54) is 17.0 Å². The Kier molecular flexibility index (Phi) is 4.31. The molecule has 2 atom stereocenters. The van der Waals surface area contributed by atoms with E-state index in [2.05, 4.69) is 42.4 Å². The van der Waals surface area contributed by atoms with Gasteiger partial charge in [-0.25, -0.2) is 0 Å². The molecular formula is C16H25N5O. The van der Waals surface area contributed by atoms with Crippen LogP contribution in [-0.2, 0) is 24.9 Å². The van der Waals surface area contributed by atoms with Gasteiger partial charge in [-0.1, -0.05) is 0 Å². The third-order valence-electron chi connectivity index (χ3n) is 4.59. The minimum atomic E-state index is 0.0895. The molecule has 0 saturated carbocycles. The Hall–Kier alpha value is -1.66. The van der Waals surface area contributed by atoms with Crippen molar-refractivity contribution in [3.63, 3.8) is 0 Å². The summed E-state index contributed by atoms with van der Waals surface area (Å²) in [6.45, 7) is 8.79. The van der Waals surface area contributed by atoms with E-state index in [9.17, 15) is 0 Å². The molecule has 0 bridgehead atoms. The van der Waals surface area contributed by atoms with E-state index >= 15 is 0 Å². The van der Waals surface area contributed by atoms with E-state index in [1.54, 1.807) is 0 Å². The predicted molar refractivity (Wildman–Crippen MR) is 84.5 cm³/mol. The summed E-state index contributed by atoms with van der Waals surface area (Å²) in [4.78, 5) is 0. The number of hydrogen-bond donors (Lipinski definition) is 1. The van der Waals surface area contributed by atoms with Crippen molar-refractivity contribution in [2.24, 2.45) is 7.05 Å². The highest BCUT2D eigenvalue weighted by molar-refractivity contribution is 5.29. The largest absolute Gasteiger partial charge is 0.372 e. The maximum atomic E-state index is 6.01. The van der Waals surface area contributed by atoms with E-state index in [0.717, 1.165) is 31.8 Å². The van der Waals surface area contributed by atoms with Crippen LogP contribution in [0.15, 0.2) is 12.3 Å². The Balaban J connectivity index is 1.73. The van der Waals surface area contributed by atoms with Crippen LogP contribution in [0.3, 0.4) is 0 Å². The molecule has 3 heterocycles. The molecule has 0 aliphatic carbocycles. The van der Waals surface area contributed by atoms with E-state index in [4.69, 9.17) is 4.74 Å². The lowest BCUT2D eigenvalue weighted by Gasteiger charge is -2.21. The number of rotatable bonds is 5. The van der Waals surface area contributed by atoms with Crippen LogP contribution >= 0.6 is 0 Å². The second-order valence-corrected chi connectivity index (χ2v) is 5.91. The molecule has 6 heteroatoms. The summed E-state index contributed by atoms with van der Waals surface area (Å²) < 4.78 is 9.98. The lowest BCUT2D eigenvalue weighted by Crippen LogP contribution is -2.32. The van der Waals surface area contributed by atoms with Crippen LogP contribution in [0.5, 0.6) is 0 Å². The highest BCUT2D eigenvalue weighted by Crippen LogP contribution is 2.33. The van der Waals surface area contributed by atoms with Crippen molar-refractivity contribution in [2.75, 3.05) is 6.61 Å². The van der Waals surface area contributed by atoms with Gasteiger partial charge in [-0.2, -0.15) is 10.2 Å². The van der Waals surface area contributed by atoms with Crippen molar-refractivity contribution in [2.45, 2.75) is 52.4 Å². The van der Waals surface area contributed by atoms with Gasteiger partial charge in [0.05, 0.1) is 11.4 Å². The van der Waals surface area contributed by atoms with Gasteiger partial charge in [0.15, 0.2) is 0 Å². The van der Waals surface area contributed by atoms with Crippen LogP contribution in [-0.4, -0.2) is 32.2 Å². The topological polar surface area (TPSA) is 56.9 Å². The molecule has 1 N–H and O–H groups in total. The zero-order valence-electron chi connectivity index (χ0n) is 13.8. The molecule has 1 saturated heterocycles. The zero-order chi connectivity index (χ0) is 15.7. The molecule has 120 valence electrons. The third kappa shape index (κ3) is 2.68. The summed E-state index contributed by atoms with van der Waals surface area (Å²) in [5.74, 6) is 0. The first-order valence-electron chi connectivity index (χ1n) is 7.97. The molecule has 22 heavy (non-hydrogen) atoms. The maximum Gasteiger partial charge on any atom is 0.101 e. The van der Waals surface area contributed by atoms with Gasteiger partial charge in [0.1, 0.15) is 6.10 Å². The van der Waals surface area contributed by atoms with Gasteiger partial charge in [0, 0.05) is 50.2 Å². The number of aromatic nitrogens is 4. The van der Waals surface area contributed by atoms with Crippen LogP contribution < -0.4 is 5.32 Å². The summed E-state index contributed by atoms with van der Waals surface area (Å²) in [5, 5.41) is 12.5. The van der Waals surface area contributed by atoms with Gasteiger partial charge >= 0.3 is 0 Å². The second-order valence-electron chi connectivity index (χ2n) is 5.91. The predicted octanol–water partition coefficient (Wildman–Crippen LogP) is 1.87. The molecular weight excluding hydrogens is 278 g/mol. The van der Waals surface area contributed by atoms with E-state index in [0.29, 0.717) is 6.04 Å². The van der Waals surface area contributed by atoms with Crippen LogP contribution in [0, 0.1) is 13.8 Å². The Morgan fingerprint density at radius 2 is 2.23 bits per heavy atom. The molecule has 0 radical (unpaired) electrons.